The Balaban J connectivity index is 2.12. The maximum absolute atomic E-state index is 8.80. The smallest absolute Gasteiger partial charge is 0.118 e. The predicted molar refractivity (Wildman–Crippen MR) is 79.7 cm³/mol. The molecule has 3 nitrogen and oxygen atoms in total. The third-order valence-electron chi connectivity index (χ3n) is 3.44. The van der Waals surface area contributed by atoms with Crippen LogP contribution in [0.2, 0.25) is 0 Å². The fraction of sp³-hybridized carbons (Fsp3) is 0.235. The highest BCUT2D eigenvalue weighted by Gasteiger charge is 2.11. The van der Waals surface area contributed by atoms with Crippen molar-refractivity contribution in [2.24, 2.45) is 5.73 Å². The zero-order valence-corrected chi connectivity index (χ0v) is 11.5. The minimum absolute atomic E-state index is 0.272. The van der Waals surface area contributed by atoms with Gasteiger partial charge in [-0.2, -0.15) is 5.26 Å². The molecule has 1 atom stereocenters. The van der Waals surface area contributed by atoms with Gasteiger partial charge in [0, 0.05) is 5.92 Å². The lowest BCUT2D eigenvalue weighted by atomic mass is 9.92. The Bertz CT molecular complexity index is 582. The van der Waals surface area contributed by atoms with Crippen molar-refractivity contribution in [2.75, 3.05) is 13.7 Å². The summed E-state index contributed by atoms with van der Waals surface area (Å²) in [4.78, 5) is 0. The number of ether oxygens (including phenoxy) is 1. The Kier molecular flexibility index (Phi) is 4.75. The molecule has 0 radical (unpaired) electrons. The first kappa shape index (κ1) is 14.1. The van der Waals surface area contributed by atoms with Gasteiger partial charge in [0.1, 0.15) is 5.75 Å². The van der Waals surface area contributed by atoms with Gasteiger partial charge in [0.2, 0.25) is 0 Å². The van der Waals surface area contributed by atoms with Gasteiger partial charge in [-0.3, -0.25) is 0 Å². The molecule has 0 amide bonds. The van der Waals surface area contributed by atoms with Crippen molar-refractivity contribution in [3.8, 4) is 11.8 Å². The first-order valence-corrected chi connectivity index (χ1v) is 6.60. The maximum Gasteiger partial charge on any atom is 0.118 e. The molecule has 2 rings (SSSR count). The van der Waals surface area contributed by atoms with Gasteiger partial charge < -0.3 is 10.5 Å². The molecule has 1 unspecified atom stereocenters. The lowest BCUT2D eigenvalue weighted by molar-refractivity contribution is 0.414. The molecule has 0 aliphatic heterocycles. The molecule has 0 saturated carbocycles. The molecule has 0 saturated heterocycles. The van der Waals surface area contributed by atoms with Crippen LogP contribution >= 0.6 is 0 Å². The fourth-order valence-corrected chi connectivity index (χ4v) is 2.21. The van der Waals surface area contributed by atoms with Gasteiger partial charge in [0.15, 0.2) is 0 Å². The number of hydrogen-bond donors (Lipinski definition) is 1. The average Bonchev–Trinajstić information content (AvgIpc) is 2.53. The van der Waals surface area contributed by atoms with E-state index in [1.54, 1.807) is 7.11 Å². The quantitative estimate of drug-likeness (QED) is 0.905. The standard InChI is InChI=1S/C17H18N2O/c1-20-17-8-6-15(7-9-17)16(12-19)10-13-2-4-14(11-18)5-3-13/h2-9,16H,10,12,19H2,1H3. The normalized spacial score (nSPS) is 11.7. The zero-order chi connectivity index (χ0) is 14.4. The Morgan fingerprint density at radius 3 is 2.25 bits per heavy atom. The second-order valence-electron chi connectivity index (χ2n) is 4.72. The van der Waals surface area contributed by atoms with Gasteiger partial charge >= 0.3 is 0 Å². The van der Waals surface area contributed by atoms with Crippen molar-refractivity contribution in [1.29, 1.82) is 5.26 Å². The van der Waals surface area contributed by atoms with Crippen LogP contribution in [0.4, 0.5) is 0 Å². The summed E-state index contributed by atoms with van der Waals surface area (Å²) in [6.45, 7) is 0.590. The third-order valence-corrected chi connectivity index (χ3v) is 3.44. The minimum atomic E-state index is 0.272. The molecule has 2 aromatic rings. The van der Waals surface area contributed by atoms with Crippen LogP contribution in [-0.4, -0.2) is 13.7 Å². The number of nitrogens with zero attached hydrogens (tertiary/aromatic N) is 1. The van der Waals surface area contributed by atoms with Gasteiger partial charge in [-0.25, -0.2) is 0 Å². The molecule has 2 N–H and O–H groups in total. The summed E-state index contributed by atoms with van der Waals surface area (Å²) in [6, 6.07) is 17.8. The van der Waals surface area contributed by atoms with Crippen LogP contribution in [0.25, 0.3) is 0 Å². The molecule has 20 heavy (non-hydrogen) atoms. The van der Waals surface area contributed by atoms with E-state index >= 15 is 0 Å². The van der Waals surface area contributed by atoms with E-state index in [0.29, 0.717) is 12.1 Å². The molecule has 0 heterocycles. The molecule has 0 aromatic heterocycles. The molecule has 0 spiro atoms. The molecule has 102 valence electrons. The van der Waals surface area contributed by atoms with Gasteiger partial charge in [-0.1, -0.05) is 24.3 Å². The van der Waals surface area contributed by atoms with Gasteiger partial charge in [-0.05, 0) is 48.4 Å². The average molecular weight is 266 g/mol. The summed E-state index contributed by atoms with van der Waals surface area (Å²) >= 11 is 0. The lowest BCUT2D eigenvalue weighted by Crippen LogP contribution is -2.15. The molecule has 2 aromatic carbocycles. The van der Waals surface area contributed by atoms with Crippen molar-refractivity contribution in [2.45, 2.75) is 12.3 Å². The summed E-state index contributed by atoms with van der Waals surface area (Å²) in [7, 11) is 1.66. The van der Waals surface area contributed by atoms with Crippen molar-refractivity contribution < 1.29 is 4.74 Å². The van der Waals surface area contributed by atoms with E-state index in [1.807, 2.05) is 36.4 Å². The highest BCUT2D eigenvalue weighted by molar-refractivity contribution is 5.34. The van der Waals surface area contributed by atoms with Crippen molar-refractivity contribution in [3.63, 3.8) is 0 Å². The second-order valence-corrected chi connectivity index (χ2v) is 4.72. The molecule has 3 heteroatoms. The summed E-state index contributed by atoms with van der Waals surface area (Å²) in [6.07, 6.45) is 0.870. The van der Waals surface area contributed by atoms with Crippen LogP contribution in [0, 0.1) is 11.3 Å². The number of nitriles is 1. The van der Waals surface area contributed by atoms with Crippen molar-refractivity contribution in [3.05, 3.63) is 65.2 Å². The first-order valence-electron chi connectivity index (χ1n) is 6.60. The van der Waals surface area contributed by atoms with E-state index in [9.17, 15) is 0 Å². The van der Waals surface area contributed by atoms with Gasteiger partial charge in [0.25, 0.3) is 0 Å². The molecular weight excluding hydrogens is 248 g/mol. The molecule has 0 aliphatic rings. The van der Waals surface area contributed by atoms with Crippen LogP contribution in [0.3, 0.4) is 0 Å². The number of benzene rings is 2. The lowest BCUT2D eigenvalue weighted by Gasteiger charge is -2.16. The van der Waals surface area contributed by atoms with Crippen molar-refractivity contribution >= 4 is 0 Å². The maximum atomic E-state index is 8.80. The Morgan fingerprint density at radius 2 is 1.75 bits per heavy atom. The monoisotopic (exact) mass is 266 g/mol. The SMILES string of the molecule is COc1ccc(C(CN)Cc2ccc(C#N)cc2)cc1. The van der Waals surface area contributed by atoms with E-state index in [2.05, 4.69) is 18.2 Å². The van der Waals surface area contributed by atoms with E-state index in [-0.39, 0.29) is 5.92 Å². The van der Waals surface area contributed by atoms with Crippen LogP contribution in [0.1, 0.15) is 22.6 Å². The Morgan fingerprint density at radius 1 is 1.10 bits per heavy atom. The summed E-state index contributed by atoms with van der Waals surface area (Å²) in [5, 5.41) is 8.80. The first-order chi connectivity index (χ1) is 9.76. The topological polar surface area (TPSA) is 59.0 Å². The second kappa shape index (κ2) is 6.74. The van der Waals surface area contributed by atoms with Gasteiger partial charge in [0.05, 0.1) is 18.7 Å². The number of nitrogens with two attached hydrogens (primary N) is 1. The van der Waals surface area contributed by atoms with Crippen LogP contribution in [0.15, 0.2) is 48.5 Å². The number of rotatable bonds is 5. The molecular formula is C17H18N2O. The Labute approximate surface area is 119 Å². The Hall–Kier alpha value is -2.31. The van der Waals surface area contributed by atoms with Crippen LogP contribution < -0.4 is 10.5 Å². The van der Waals surface area contributed by atoms with E-state index in [1.165, 1.54) is 11.1 Å². The third kappa shape index (κ3) is 3.37. The zero-order valence-electron chi connectivity index (χ0n) is 11.5. The summed E-state index contributed by atoms with van der Waals surface area (Å²) in [5.74, 6) is 1.12. The predicted octanol–water partition coefficient (Wildman–Crippen LogP) is 2.85. The highest BCUT2D eigenvalue weighted by Crippen LogP contribution is 2.22. The highest BCUT2D eigenvalue weighted by atomic mass is 16.5. The largest absolute Gasteiger partial charge is 0.497 e. The van der Waals surface area contributed by atoms with E-state index in [4.69, 9.17) is 15.7 Å². The molecule has 0 aliphatic carbocycles. The summed E-state index contributed by atoms with van der Waals surface area (Å²) in [5.41, 5.74) is 8.97. The van der Waals surface area contributed by atoms with Gasteiger partial charge in [-0.15, -0.1) is 0 Å². The van der Waals surface area contributed by atoms with Crippen LogP contribution in [0.5, 0.6) is 5.75 Å². The molecule has 0 fully saturated rings. The summed E-state index contributed by atoms with van der Waals surface area (Å²) < 4.78 is 5.16. The van der Waals surface area contributed by atoms with Crippen LogP contribution in [-0.2, 0) is 6.42 Å². The minimum Gasteiger partial charge on any atom is -0.497 e. The molecule has 0 bridgehead atoms. The fourth-order valence-electron chi connectivity index (χ4n) is 2.21. The van der Waals surface area contributed by atoms with Crippen molar-refractivity contribution in [1.82, 2.24) is 0 Å². The van der Waals surface area contributed by atoms with E-state index in [0.717, 1.165) is 12.2 Å². The number of hydrogen-bond acceptors (Lipinski definition) is 3. The number of methoxy groups -OCH3 is 1. The van der Waals surface area contributed by atoms with E-state index < -0.39 is 0 Å².